The second-order valence-corrected chi connectivity index (χ2v) is 9.85. The van der Waals surface area contributed by atoms with E-state index in [0.717, 1.165) is 24.1 Å². The van der Waals surface area contributed by atoms with Gasteiger partial charge in [0.25, 0.3) is 0 Å². The molecule has 0 unspecified atom stereocenters. The van der Waals surface area contributed by atoms with E-state index in [0.29, 0.717) is 11.4 Å². The zero-order valence-electron chi connectivity index (χ0n) is 19.7. The summed E-state index contributed by atoms with van der Waals surface area (Å²) in [4.78, 5) is 0. The molecule has 0 atom stereocenters. The molecule has 0 amide bonds. The first kappa shape index (κ1) is 21.0. The molecule has 2 aliphatic carbocycles. The smallest absolute Gasteiger partial charge is 0.172 e. The number of phenols is 2. The van der Waals surface area contributed by atoms with Crippen LogP contribution in [0, 0.1) is 0 Å². The highest BCUT2D eigenvalue weighted by Crippen LogP contribution is 2.42. The highest BCUT2D eigenvalue weighted by atomic mass is 16.3. The molecule has 3 aromatic carbocycles. The van der Waals surface area contributed by atoms with Crippen molar-refractivity contribution in [1.29, 1.82) is 0 Å². The van der Waals surface area contributed by atoms with Crippen molar-refractivity contribution in [3.05, 3.63) is 76.6 Å². The van der Waals surface area contributed by atoms with Crippen molar-refractivity contribution in [3.63, 3.8) is 0 Å². The maximum Gasteiger partial charge on any atom is 0.172 e. The number of hydrogen-bond acceptors (Lipinski definition) is 4. The number of phenolic OH excluding ortho intramolecular Hbond substituents is 2. The number of aryl methyl sites for hydroxylation is 1. The standard InChI is InChI=1S/C29H29N3O2/c1-17(2)24-14-25(28(34)15-27(24)33)29-31-30-16-32(29)26-9-5-8-20-22-11-10-18-6-3-4-7-19(18)21(22)12-13-23(20)26/h5,8-11,14-17,33-34H,3-4,6-7,12-13H2,1-2H3. The maximum atomic E-state index is 10.7. The van der Waals surface area contributed by atoms with Crippen LogP contribution in [0.2, 0.25) is 0 Å². The summed E-state index contributed by atoms with van der Waals surface area (Å²) in [5.74, 6) is 0.781. The highest BCUT2D eigenvalue weighted by molar-refractivity contribution is 5.79. The number of aromatic hydroxyl groups is 2. The van der Waals surface area contributed by atoms with E-state index in [-0.39, 0.29) is 17.4 Å². The molecule has 5 heteroatoms. The van der Waals surface area contributed by atoms with E-state index in [1.165, 1.54) is 59.6 Å². The first-order chi connectivity index (χ1) is 16.5. The lowest BCUT2D eigenvalue weighted by atomic mass is 9.78. The van der Waals surface area contributed by atoms with Crippen LogP contribution < -0.4 is 0 Å². The van der Waals surface area contributed by atoms with Crippen molar-refractivity contribution in [2.75, 3.05) is 0 Å². The number of benzene rings is 3. The minimum absolute atomic E-state index is 0.00192. The Hall–Kier alpha value is -3.60. The van der Waals surface area contributed by atoms with Crippen LogP contribution in [-0.2, 0) is 25.7 Å². The average Bonchev–Trinajstić information content (AvgIpc) is 3.32. The van der Waals surface area contributed by atoms with Crippen molar-refractivity contribution >= 4 is 0 Å². The third-order valence-corrected chi connectivity index (χ3v) is 7.53. The number of rotatable bonds is 3. The minimum atomic E-state index is -0.00192. The summed E-state index contributed by atoms with van der Waals surface area (Å²) in [6.07, 6.45) is 8.71. The first-order valence-electron chi connectivity index (χ1n) is 12.3. The lowest BCUT2D eigenvalue weighted by Crippen LogP contribution is -2.14. The van der Waals surface area contributed by atoms with Crippen LogP contribution >= 0.6 is 0 Å². The summed E-state index contributed by atoms with van der Waals surface area (Å²) in [5, 5.41) is 29.6. The van der Waals surface area contributed by atoms with Gasteiger partial charge in [-0.05, 0) is 95.5 Å². The minimum Gasteiger partial charge on any atom is -0.508 e. The molecule has 0 radical (unpaired) electrons. The SMILES string of the molecule is CC(C)c1cc(-c2nncn2-c2cccc3c2CCc2c-3ccc3c2CCCC3)c(O)cc1O. The Bertz CT molecular complexity index is 1420. The quantitative estimate of drug-likeness (QED) is 0.394. The topological polar surface area (TPSA) is 71.2 Å². The molecule has 1 heterocycles. The van der Waals surface area contributed by atoms with Crippen molar-refractivity contribution in [2.24, 2.45) is 0 Å². The van der Waals surface area contributed by atoms with Gasteiger partial charge in [0.1, 0.15) is 17.8 Å². The molecule has 6 rings (SSSR count). The Balaban J connectivity index is 1.50. The van der Waals surface area contributed by atoms with E-state index in [4.69, 9.17) is 0 Å². The molecule has 0 saturated carbocycles. The summed E-state index contributed by atoms with van der Waals surface area (Å²) >= 11 is 0. The molecular weight excluding hydrogens is 422 g/mol. The Morgan fingerprint density at radius 1 is 0.794 bits per heavy atom. The summed E-state index contributed by atoms with van der Waals surface area (Å²) < 4.78 is 1.97. The molecular formula is C29H29N3O2. The zero-order valence-corrected chi connectivity index (χ0v) is 19.7. The van der Waals surface area contributed by atoms with Crippen LogP contribution in [-0.4, -0.2) is 25.0 Å². The number of hydrogen-bond donors (Lipinski definition) is 2. The molecule has 2 aliphatic rings. The van der Waals surface area contributed by atoms with Gasteiger partial charge in [0.2, 0.25) is 0 Å². The molecule has 0 aliphatic heterocycles. The summed E-state index contributed by atoms with van der Waals surface area (Å²) in [6, 6.07) is 14.3. The summed E-state index contributed by atoms with van der Waals surface area (Å²) in [6.45, 7) is 4.04. The van der Waals surface area contributed by atoms with Crippen molar-refractivity contribution < 1.29 is 10.2 Å². The third kappa shape index (κ3) is 3.22. The molecule has 172 valence electrons. The van der Waals surface area contributed by atoms with Gasteiger partial charge in [0.05, 0.1) is 11.3 Å². The third-order valence-electron chi connectivity index (χ3n) is 7.53. The Labute approximate surface area is 199 Å². The molecule has 4 aromatic rings. The van der Waals surface area contributed by atoms with Crippen LogP contribution in [0.5, 0.6) is 11.5 Å². The lowest BCUT2D eigenvalue weighted by Gasteiger charge is -2.28. The lowest BCUT2D eigenvalue weighted by molar-refractivity contribution is 0.444. The zero-order chi connectivity index (χ0) is 23.4. The van der Waals surface area contributed by atoms with Crippen LogP contribution in [0.1, 0.15) is 60.4 Å². The predicted octanol–water partition coefficient (Wildman–Crippen LogP) is 6.11. The average molecular weight is 452 g/mol. The Morgan fingerprint density at radius 3 is 2.44 bits per heavy atom. The van der Waals surface area contributed by atoms with Gasteiger partial charge < -0.3 is 10.2 Å². The summed E-state index contributed by atoms with van der Waals surface area (Å²) in [5.41, 5.74) is 11.0. The van der Waals surface area contributed by atoms with Crippen LogP contribution in [0.4, 0.5) is 0 Å². The fraction of sp³-hybridized carbons (Fsp3) is 0.310. The van der Waals surface area contributed by atoms with E-state index in [1.807, 2.05) is 24.5 Å². The molecule has 0 bridgehead atoms. The summed E-state index contributed by atoms with van der Waals surface area (Å²) in [7, 11) is 0. The van der Waals surface area contributed by atoms with Crippen molar-refractivity contribution in [2.45, 2.75) is 58.3 Å². The molecule has 5 nitrogen and oxygen atoms in total. The molecule has 2 N–H and O–H groups in total. The number of fused-ring (bicyclic) bond motifs is 5. The first-order valence-corrected chi connectivity index (χ1v) is 12.3. The van der Waals surface area contributed by atoms with Gasteiger partial charge in [-0.3, -0.25) is 4.57 Å². The van der Waals surface area contributed by atoms with Gasteiger partial charge in [-0.2, -0.15) is 0 Å². The monoisotopic (exact) mass is 451 g/mol. The van der Waals surface area contributed by atoms with Gasteiger partial charge in [-0.1, -0.05) is 38.1 Å². The largest absolute Gasteiger partial charge is 0.508 e. The molecule has 34 heavy (non-hydrogen) atoms. The van der Waals surface area contributed by atoms with Gasteiger partial charge in [-0.25, -0.2) is 0 Å². The van der Waals surface area contributed by atoms with E-state index >= 15 is 0 Å². The number of nitrogens with zero attached hydrogens (tertiary/aromatic N) is 3. The van der Waals surface area contributed by atoms with Gasteiger partial charge in [-0.15, -0.1) is 10.2 Å². The van der Waals surface area contributed by atoms with Crippen LogP contribution in [0.25, 0.3) is 28.2 Å². The molecule has 0 fully saturated rings. The van der Waals surface area contributed by atoms with Crippen molar-refractivity contribution in [1.82, 2.24) is 14.8 Å². The van der Waals surface area contributed by atoms with Crippen LogP contribution in [0.15, 0.2) is 48.8 Å². The van der Waals surface area contributed by atoms with Gasteiger partial charge in [0.15, 0.2) is 5.82 Å². The molecule has 1 aromatic heterocycles. The van der Waals surface area contributed by atoms with E-state index in [2.05, 4.69) is 40.5 Å². The fourth-order valence-electron chi connectivity index (χ4n) is 5.84. The second-order valence-electron chi connectivity index (χ2n) is 9.85. The fourth-order valence-corrected chi connectivity index (χ4v) is 5.84. The van der Waals surface area contributed by atoms with E-state index in [1.54, 1.807) is 11.9 Å². The Kier molecular flexibility index (Phi) is 4.94. The van der Waals surface area contributed by atoms with Crippen molar-refractivity contribution in [3.8, 4) is 39.7 Å². The Morgan fingerprint density at radius 2 is 1.59 bits per heavy atom. The van der Waals surface area contributed by atoms with Crippen LogP contribution in [0.3, 0.4) is 0 Å². The highest BCUT2D eigenvalue weighted by Gasteiger charge is 2.25. The van der Waals surface area contributed by atoms with E-state index in [9.17, 15) is 10.2 Å². The number of aromatic nitrogens is 3. The molecule has 0 spiro atoms. The molecule has 0 saturated heterocycles. The van der Waals surface area contributed by atoms with Gasteiger partial charge in [0, 0.05) is 6.07 Å². The van der Waals surface area contributed by atoms with Gasteiger partial charge >= 0.3 is 0 Å². The second kappa shape index (κ2) is 8.01. The maximum absolute atomic E-state index is 10.7. The predicted molar refractivity (Wildman–Crippen MR) is 134 cm³/mol. The van der Waals surface area contributed by atoms with E-state index < -0.39 is 0 Å². The normalized spacial score (nSPS) is 14.6.